The van der Waals surface area contributed by atoms with Crippen LogP contribution in [0.3, 0.4) is 0 Å². The van der Waals surface area contributed by atoms with Crippen LogP contribution in [-0.2, 0) is 4.79 Å². The fourth-order valence-electron chi connectivity index (χ4n) is 1.67. The van der Waals surface area contributed by atoms with Gasteiger partial charge in [-0.2, -0.15) is 0 Å². The molecule has 1 aromatic carbocycles. The molecule has 0 radical (unpaired) electrons. The average molecular weight is 248 g/mol. The Balaban J connectivity index is 2.56. The molecule has 0 bridgehead atoms. The van der Waals surface area contributed by atoms with Crippen LogP contribution in [0.5, 0.6) is 0 Å². The van der Waals surface area contributed by atoms with Crippen molar-refractivity contribution in [3.63, 3.8) is 0 Å². The summed E-state index contributed by atoms with van der Waals surface area (Å²) in [5.74, 6) is -0.00763. The minimum Gasteiger partial charge on any atom is -0.286 e. The number of hydrogen-bond acceptors (Lipinski definition) is 2. The number of thioether (sulfide) groups is 1. The van der Waals surface area contributed by atoms with E-state index in [0.29, 0.717) is 0 Å². The molecule has 0 aliphatic heterocycles. The van der Waals surface area contributed by atoms with E-state index >= 15 is 0 Å². The molecule has 1 aromatic rings. The van der Waals surface area contributed by atoms with Gasteiger partial charge in [0.25, 0.3) is 0 Å². The lowest BCUT2D eigenvalue weighted by Crippen LogP contribution is -2.04. The first-order valence-corrected chi connectivity index (χ1v) is 6.89. The van der Waals surface area contributed by atoms with E-state index in [1.165, 1.54) is 17.3 Å². The van der Waals surface area contributed by atoms with Crippen LogP contribution >= 0.6 is 11.8 Å². The van der Waals surface area contributed by atoms with Crippen molar-refractivity contribution in [3.8, 4) is 0 Å². The monoisotopic (exact) mass is 248 g/mol. The number of benzene rings is 1. The van der Waals surface area contributed by atoms with Crippen LogP contribution in [0.15, 0.2) is 46.9 Å². The molecule has 0 spiro atoms. The van der Waals surface area contributed by atoms with Crippen molar-refractivity contribution >= 4 is 16.9 Å². The summed E-state index contributed by atoms with van der Waals surface area (Å²) in [6, 6.07) is 9.82. The molecule has 0 heterocycles. The van der Waals surface area contributed by atoms with Crippen LogP contribution < -0.4 is 0 Å². The summed E-state index contributed by atoms with van der Waals surface area (Å²) in [5, 5.41) is 0.214. The van der Waals surface area contributed by atoms with Crippen molar-refractivity contribution in [1.29, 1.82) is 0 Å². The molecule has 92 valence electrons. The zero-order valence-electron chi connectivity index (χ0n) is 10.8. The van der Waals surface area contributed by atoms with Gasteiger partial charge in [-0.15, -0.1) is 0 Å². The predicted octanol–water partition coefficient (Wildman–Crippen LogP) is 4.69. The van der Waals surface area contributed by atoms with E-state index in [1.54, 1.807) is 0 Å². The van der Waals surface area contributed by atoms with Gasteiger partial charge in [0.1, 0.15) is 0 Å². The van der Waals surface area contributed by atoms with E-state index in [2.05, 4.69) is 19.9 Å². The molecule has 0 aliphatic carbocycles. The lowest BCUT2D eigenvalue weighted by molar-refractivity contribution is -0.112. The van der Waals surface area contributed by atoms with E-state index < -0.39 is 0 Å². The molecular formula is C15H20OS. The van der Waals surface area contributed by atoms with Gasteiger partial charge in [0.2, 0.25) is 0 Å². The van der Waals surface area contributed by atoms with Gasteiger partial charge in [-0.05, 0) is 25.5 Å². The second-order valence-corrected chi connectivity index (χ2v) is 5.36. The van der Waals surface area contributed by atoms with E-state index in [4.69, 9.17) is 0 Å². The van der Waals surface area contributed by atoms with Gasteiger partial charge >= 0.3 is 0 Å². The van der Waals surface area contributed by atoms with Crippen LogP contribution in [0.25, 0.3) is 0 Å². The summed E-state index contributed by atoms with van der Waals surface area (Å²) in [4.78, 5) is 13.0. The van der Waals surface area contributed by atoms with Gasteiger partial charge < -0.3 is 0 Å². The Morgan fingerprint density at radius 2 is 2.00 bits per heavy atom. The van der Waals surface area contributed by atoms with Gasteiger partial charge in [0, 0.05) is 10.8 Å². The molecule has 0 fully saturated rings. The highest BCUT2D eigenvalue weighted by Gasteiger charge is 2.11. The molecule has 1 atom stereocenters. The molecule has 0 amide bonds. The lowest BCUT2D eigenvalue weighted by Gasteiger charge is -2.07. The van der Waals surface area contributed by atoms with E-state index in [0.717, 1.165) is 17.7 Å². The van der Waals surface area contributed by atoms with Crippen LogP contribution in [0, 0.1) is 5.92 Å². The van der Waals surface area contributed by atoms with Crippen LogP contribution in [0.4, 0.5) is 0 Å². The van der Waals surface area contributed by atoms with E-state index in [1.807, 2.05) is 37.3 Å². The Hall–Kier alpha value is -1.02. The maximum atomic E-state index is 12.0. The average Bonchev–Trinajstić information content (AvgIpc) is 2.30. The predicted molar refractivity (Wildman–Crippen MR) is 75.1 cm³/mol. The number of rotatable bonds is 5. The third-order valence-corrected chi connectivity index (χ3v) is 3.59. The topological polar surface area (TPSA) is 17.1 Å². The number of carbonyl (C=O) groups is 1. The van der Waals surface area contributed by atoms with Gasteiger partial charge in [-0.1, -0.05) is 61.9 Å². The highest BCUT2D eigenvalue weighted by atomic mass is 32.2. The van der Waals surface area contributed by atoms with E-state index in [9.17, 15) is 4.79 Å². The fourth-order valence-corrected chi connectivity index (χ4v) is 2.45. The van der Waals surface area contributed by atoms with Gasteiger partial charge in [-0.3, -0.25) is 4.79 Å². The Morgan fingerprint density at radius 3 is 2.59 bits per heavy atom. The summed E-state index contributed by atoms with van der Waals surface area (Å²) in [5.41, 5.74) is 1.31. The number of hydrogen-bond donors (Lipinski definition) is 0. The summed E-state index contributed by atoms with van der Waals surface area (Å²) in [6.07, 6.45) is 4.30. The molecule has 0 aliphatic rings. The van der Waals surface area contributed by atoms with Crippen LogP contribution in [-0.4, -0.2) is 5.12 Å². The third-order valence-electron chi connectivity index (χ3n) is 2.51. The molecule has 0 saturated carbocycles. The lowest BCUT2D eigenvalue weighted by atomic mass is 10.1. The molecule has 2 heteroatoms. The highest BCUT2D eigenvalue weighted by molar-refractivity contribution is 8.13. The number of carbonyl (C=O) groups excluding carboxylic acids is 1. The van der Waals surface area contributed by atoms with Crippen molar-refractivity contribution in [2.24, 2.45) is 5.92 Å². The van der Waals surface area contributed by atoms with E-state index in [-0.39, 0.29) is 11.0 Å². The Morgan fingerprint density at radius 1 is 1.35 bits per heavy atom. The molecule has 0 N–H and O–H groups in total. The zero-order chi connectivity index (χ0) is 12.7. The van der Waals surface area contributed by atoms with Crippen molar-refractivity contribution in [2.75, 3.05) is 0 Å². The summed E-state index contributed by atoms with van der Waals surface area (Å²) < 4.78 is 0. The van der Waals surface area contributed by atoms with Crippen LogP contribution in [0.2, 0.25) is 0 Å². The van der Waals surface area contributed by atoms with Gasteiger partial charge in [0.15, 0.2) is 5.12 Å². The van der Waals surface area contributed by atoms with Crippen molar-refractivity contribution in [1.82, 2.24) is 0 Å². The minimum absolute atomic E-state index is 0.00763. The minimum atomic E-state index is -0.00763. The fraction of sp³-hybridized carbons (Fsp3) is 0.400. The Kier molecular flexibility index (Phi) is 6.06. The Bertz CT molecular complexity index is 381. The third kappa shape index (κ3) is 5.22. The normalized spacial score (nSPS) is 13.5. The molecule has 17 heavy (non-hydrogen) atoms. The SMILES string of the molecule is CCC/C(C)=C/C(C)C(=O)Sc1ccccc1. The maximum Gasteiger partial charge on any atom is 0.200 e. The number of allylic oxidation sites excluding steroid dienone is 2. The van der Waals surface area contributed by atoms with Crippen molar-refractivity contribution in [3.05, 3.63) is 42.0 Å². The smallest absolute Gasteiger partial charge is 0.200 e. The molecule has 1 rings (SSSR count). The van der Waals surface area contributed by atoms with Crippen molar-refractivity contribution < 1.29 is 4.79 Å². The molecular weight excluding hydrogens is 228 g/mol. The summed E-state index contributed by atoms with van der Waals surface area (Å²) in [7, 11) is 0. The van der Waals surface area contributed by atoms with Gasteiger partial charge in [0.05, 0.1) is 0 Å². The van der Waals surface area contributed by atoms with Crippen LogP contribution in [0.1, 0.15) is 33.6 Å². The quantitative estimate of drug-likeness (QED) is 0.555. The second-order valence-electron chi connectivity index (χ2n) is 4.29. The van der Waals surface area contributed by atoms with Gasteiger partial charge in [-0.25, -0.2) is 0 Å². The largest absolute Gasteiger partial charge is 0.286 e. The first kappa shape index (κ1) is 14.0. The molecule has 0 aromatic heterocycles. The first-order chi connectivity index (χ1) is 8.13. The zero-order valence-corrected chi connectivity index (χ0v) is 11.6. The maximum absolute atomic E-state index is 12.0. The molecule has 1 nitrogen and oxygen atoms in total. The standard InChI is InChI=1S/C15H20OS/c1-4-8-12(2)11-13(3)15(16)17-14-9-6-5-7-10-14/h5-7,9-11,13H,4,8H2,1-3H3/b12-11+. The molecule has 1 unspecified atom stereocenters. The second kappa shape index (κ2) is 7.33. The molecule has 0 saturated heterocycles. The first-order valence-electron chi connectivity index (χ1n) is 6.07. The highest BCUT2D eigenvalue weighted by Crippen LogP contribution is 2.23. The Labute approximate surface area is 108 Å². The summed E-state index contributed by atoms with van der Waals surface area (Å²) in [6.45, 7) is 6.22. The summed E-state index contributed by atoms with van der Waals surface area (Å²) >= 11 is 1.33. The van der Waals surface area contributed by atoms with Crippen molar-refractivity contribution in [2.45, 2.75) is 38.5 Å².